The Hall–Kier alpha value is -1.44. The van der Waals surface area contributed by atoms with Gasteiger partial charge >= 0.3 is 0 Å². The predicted molar refractivity (Wildman–Crippen MR) is 79.8 cm³/mol. The number of aliphatic hydroxyl groups excluding tert-OH is 1. The van der Waals surface area contributed by atoms with Crippen molar-refractivity contribution in [3.05, 3.63) is 52.3 Å². The number of hydrogen-bond acceptors (Lipinski definition) is 4. The monoisotopic (exact) mass is 356 g/mol. The van der Waals surface area contributed by atoms with Crippen molar-refractivity contribution in [1.82, 2.24) is 4.98 Å². The minimum Gasteiger partial charge on any atom is -0.392 e. The quantitative estimate of drug-likeness (QED) is 0.881. The molecule has 7 heteroatoms. The van der Waals surface area contributed by atoms with Crippen molar-refractivity contribution in [1.29, 1.82) is 0 Å². The van der Waals surface area contributed by atoms with E-state index in [2.05, 4.69) is 25.6 Å². The molecule has 0 unspecified atom stereocenters. The lowest BCUT2D eigenvalue weighted by atomic mass is 10.2. The van der Waals surface area contributed by atoms with Gasteiger partial charge in [-0.15, -0.1) is 0 Å². The molecule has 1 aromatic carbocycles. The fourth-order valence-electron chi connectivity index (χ4n) is 1.68. The van der Waals surface area contributed by atoms with Gasteiger partial charge in [-0.25, -0.2) is 8.42 Å². The summed E-state index contributed by atoms with van der Waals surface area (Å²) in [5.41, 5.74) is 1.81. The van der Waals surface area contributed by atoms with Crippen LogP contribution in [0.4, 0.5) is 5.69 Å². The number of anilines is 1. The van der Waals surface area contributed by atoms with Crippen molar-refractivity contribution >= 4 is 31.6 Å². The molecule has 0 fully saturated rings. The van der Waals surface area contributed by atoms with E-state index < -0.39 is 10.0 Å². The van der Waals surface area contributed by atoms with Gasteiger partial charge in [0.2, 0.25) is 0 Å². The maximum absolute atomic E-state index is 12.3. The number of nitrogens with zero attached hydrogens (tertiary/aromatic N) is 1. The summed E-state index contributed by atoms with van der Waals surface area (Å²) in [5.74, 6) is 0. The second-order valence-corrected chi connectivity index (χ2v) is 6.72. The summed E-state index contributed by atoms with van der Waals surface area (Å²) in [5, 5.41) is 9.03. The van der Waals surface area contributed by atoms with Crippen LogP contribution in [0, 0.1) is 6.92 Å². The number of aryl methyl sites for hydroxylation is 1. The van der Waals surface area contributed by atoms with E-state index in [1.54, 1.807) is 31.2 Å². The Labute approximate surface area is 125 Å². The molecule has 0 amide bonds. The molecule has 0 aliphatic heterocycles. The fourth-order valence-corrected chi connectivity index (χ4v) is 3.86. The molecule has 2 rings (SSSR count). The predicted octanol–water partition coefficient (Wildman–Crippen LogP) is 2.45. The van der Waals surface area contributed by atoms with E-state index >= 15 is 0 Å². The molecule has 0 aliphatic carbocycles. The summed E-state index contributed by atoms with van der Waals surface area (Å²) in [6, 6.07) is 7.82. The number of benzene rings is 1. The van der Waals surface area contributed by atoms with Gasteiger partial charge in [-0.05, 0) is 52.7 Å². The third kappa shape index (κ3) is 3.36. The first-order chi connectivity index (χ1) is 9.42. The number of aliphatic hydroxyl groups is 1. The van der Waals surface area contributed by atoms with E-state index in [0.29, 0.717) is 15.7 Å². The number of rotatable bonds is 4. The van der Waals surface area contributed by atoms with Crippen LogP contribution in [0.3, 0.4) is 0 Å². The van der Waals surface area contributed by atoms with Crippen molar-refractivity contribution in [2.24, 2.45) is 0 Å². The number of sulfonamides is 1. The van der Waals surface area contributed by atoms with Crippen LogP contribution in [0.25, 0.3) is 0 Å². The Morgan fingerprint density at radius 3 is 2.65 bits per heavy atom. The number of nitrogens with one attached hydrogen (secondary N) is 1. The first-order valence-corrected chi connectivity index (χ1v) is 8.05. The topological polar surface area (TPSA) is 79.3 Å². The first-order valence-electron chi connectivity index (χ1n) is 5.77. The summed E-state index contributed by atoms with van der Waals surface area (Å²) >= 11 is 3.21. The molecule has 0 aliphatic rings. The lowest BCUT2D eigenvalue weighted by Crippen LogP contribution is -2.14. The van der Waals surface area contributed by atoms with Crippen LogP contribution in [0.15, 0.2) is 45.9 Å². The van der Waals surface area contributed by atoms with Crippen LogP contribution >= 0.6 is 15.9 Å². The average molecular weight is 357 g/mol. The Kier molecular flexibility index (Phi) is 4.42. The van der Waals surface area contributed by atoms with E-state index in [9.17, 15) is 8.42 Å². The molecule has 20 heavy (non-hydrogen) atoms. The minimum atomic E-state index is -3.69. The molecule has 1 aromatic heterocycles. The number of aromatic nitrogens is 1. The lowest BCUT2D eigenvalue weighted by molar-refractivity contribution is 0.281. The highest BCUT2D eigenvalue weighted by Crippen LogP contribution is 2.25. The van der Waals surface area contributed by atoms with Gasteiger partial charge in [-0.2, -0.15) is 0 Å². The van der Waals surface area contributed by atoms with E-state index in [0.717, 1.165) is 5.69 Å². The van der Waals surface area contributed by atoms with Crippen molar-refractivity contribution in [2.45, 2.75) is 18.4 Å². The van der Waals surface area contributed by atoms with Gasteiger partial charge in [0, 0.05) is 16.4 Å². The van der Waals surface area contributed by atoms with E-state index in [4.69, 9.17) is 5.11 Å². The van der Waals surface area contributed by atoms with Crippen LogP contribution in [0.1, 0.15) is 11.3 Å². The van der Waals surface area contributed by atoms with Gasteiger partial charge in [0.1, 0.15) is 4.90 Å². The van der Waals surface area contributed by atoms with Gasteiger partial charge in [0.05, 0.1) is 12.3 Å². The van der Waals surface area contributed by atoms with Crippen LogP contribution in [-0.2, 0) is 16.6 Å². The summed E-state index contributed by atoms with van der Waals surface area (Å²) in [6.45, 7) is 1.64. The highest BCUT2D eigenvalue weighted by molar-refractivity contribution is 9.10. The first kappa shape index (κ1) is 15.0. The minimum absolute atomic E-state index is 0.115. The maximum Gasteiger partial charge on any atom is 0.263 e. The average Bonchev–Trinajstić information content (AvgIpc) is 2.37. The second kappa shape index (κ2) is 5.90. The molecule has 0 radical (unpaired) electrons. The highest BCUT2D eigenvalue weighted by Gasteiger charge is 2.18. The van der Waals surface area contributed by atoms with Crippen molar-refractivity contribution in [3.8, 4) is 0 Å². The second-order valence-electron chi connectivity index (χ2n) is 4.21. The largest absolute Gasteiger partial charge is 0.392 e. The van der Waals surface area contributed by atoms with Crippen LogP contribution in [0.5, 0.6) is 0 Å². The summed E-state index contributed by atoms with van der Waals surface area (Å²) in [6.07, 6.45) is 1.54. The molecule has 2 aromatic rings. The Balaban J connectivity index is 2.36. The number of hydrogen-bond donors (Lipinski definition) is 2. The zero-order chi connectivity index (χ0) is 14.8. The Bertz CT molecular complexity index is 732. The number of pyridine rings is 1. The Morgan fingerprint density at radius 2 is 2.05 bits per heavy atom. The molecule has 2 N–H and O–H groups in total. The molecule has 0 saturated carbocycles. The van der Waals surface area contributed by atoms with Gasteiger partial charge in [-0.3, -0.25) is 9.71 Å². The molecule has 0 saturated heterocycles. The normalized spacial score (nSPS) is 11.3. The van der Waals surface area contributed by atoms with E-state index in [-0.39, 0.29) is 11.5 Å². The van der Waals surface area contributed by atoms with Crippen LogP contribution in [-0.4, -0.2) is 18.5 Å². The summed E-state index contributed by atoms with van der Waals surface area (Å²) in [4.78, 5) is 4.13. The van der Waals surface area contributed by atoms with Gasteiger partial charge in [0.25, 0.3) is 10.0 Å². The Morgan fingerprint density at radius 1 is 1.30 bits per heavy atom. The third-order valence-corrected chi connectivity index (χ3v) is 4.98. The number of halogens is 1. The summed E-state index contributed by atoms with van der Waals surface area (Å²) in [7, 11) is -3.69. The van der Waals surface area contributed by atoms with E-state index in [1.165, 1.54) is 12.3 Å². The molecule has 0 spiro atoms. The molecule has 0 atom stereocenters. The SMILES string of the molecule is Cc1cc(NS(=O)(=O)c2ccc(CO)cc2Br)ccn1. The third-order valence-electron chi connectivity index (χ3n) is 2.62. The van der Waals surface area contributed by atoms with Crippen LogP contribution in [0.2, 0.25) is 0 Å². The van der Waals surface area contributed by atoms with E-state index in [1.807, 2.05) is 0 Å². The van der Waals surface area contributed by atoms with Crippen molar-refractivity contribution in [3.63, 3.8) is 0 Å². The standard InChI is InChI=1S/C13H13BrN2O3S/c1-9-6-11(4-5-15-9)16-20(18,19)13-3-2-10(8-17)7-12(13)14/h2-7,17H,8H2,1H3,(H,15,16). The zero-order valence-electron chi connectivity index (χ0n) is 10.7. The van der Waals surface area contributed by atoms with Gasteiger partial charge < -0.3 is 5.11 Å². The van der Waals surface area contributed by atoms with Gasteiger partial charge in [-0.1, -0.05) is 6.07 Å². The lowest BCUT2D eigenvalue weighted by Gasteiger charge is -2.10. The van der Waals surface area contributed by atoms with Gasteiger partial charge in [0.15, 0.2) is 0 Å². The fraction of sp³-hybridized carbons (Fsp3) is 0.154. The van der Waals surface area contributed by atoms with Crippen LogP contribution < -0.4 is 4.72 Å². The molecule has 5 nitrogen and oxygen atoms in total. The highest BCUT2D eigenvalue weighted by atomic mass is 79.9. The maximum atomic E-state index is 12.3. The zero-order valence-corrected chi connectivity index (χ0v) is 13.1. The molecule has 0 bridgehead atoms. The molecule has 1 heterocycles. The van der Waals surface area contributed by atoms with Crippen molar-refractivity contribution in [2.75, 3.05) is 4.72 Å². The van der Waals surface area contributed by atoms with Crippen molar-refractivity contribution < 1.29 is 13.5 Å². The molecular weight excluding hydrogens is 344 g/mol. The molecule has 106 valence electrons. The molecular formula is C13H13BrN2O3S. The summed E-state index contributed by atoms with van der Waals surface area (Å²) < 4.78 is 27.5. The smallest absolute Gasteiger partial charge is 0.263 e.